The first-order valence-corrected chi connectivity index (χ1v) is 9.49. The van der Waals surface area contributed by atoms with Gasteiger partial charge in [0.25, 0.3) is 5.91 Å². The maximum absolute atomic E-state index is 14.1. The van der Waals surface area contributed by atoms with Crippen molar-refractivity contribution >= 4 is 17.5 Å². The predicted octanol–water partition coefficient (Wildman–Crippen LogP) is 2.89. The van der Waals surface area contributed by atoms with E-state index >= 15 is 0 Å². The molecule has 0 spiro atoms. The van der Waals surface area contributed by atoms with Gasteiger partial charge in [-0.15, -0.1) is 6.58 Å². The molecule has 0 saturated carbocycles. The lowest BCUT2D eigenvalue weighted by Crippen LogP contribution is -2.44. The number of amides is 1. The molecule has 0 unspecified atom stereocenters. The van der Waals surface area contributed by atoms with E-state index in [1.54, 1.807) is 21.9 Å². The Labute approximate surface area is 170 Å². The molecule has 1 atom stereocenters. The monoisotopic (exact) mass is 414 g/mol. The van der Waals surface area contributed by atoms with Crippen LogP contribution < -0.4 is 5.32 Å². The molecule has 4 heterocycles. The van der Waals surface area contributed by atoms with Gasteiger partial charge in [0.05, 0.1) is 34.6 Å². The number of hydrogen-bond acceptors (Lipinski definition) is 6. The minimum absolute atomic E-state index is 0.140. The van der Waals surface area contributed by atoms with Crippen LogP contribution in [0.25, 0.3) is 17.2 Å². The largest absolute Gasteiger partial charge is 0.337 e. The topological polar surface area (TPSA) is 89.1 Å². The van der Waals surface area contributed by atoms with Crippen LogP contribution in [0.5, 0.6) is 0 Å². The molecule has 0 aliphatic carbocycles. The molecular weight excluding hydrogens is 399 g/mol. The SMILES string of the molecule is C=CCNCc1nc(-c2ncn3c2[C@@H]2CCN2C(=O)c2c-3ccc(F)c2Cl)no1. The number of imidazole rings is 1. The van der Waals surface area contributed by atoms with Crippen LogP contribution in [-0.4, -0.2) is 43.6 Å². The molecule has 10 heteroatoms. The van der Waals surface area contributed by atoms with Crippen molar-refractivity contribution in [2.75, 3.05) is 13.1 Å². The van der Waals surface area contributed by atoms with Gasteiger partial charge >= 0.3 is 0 Å². The number of nitrogens with zero attached hydrogens (tertiary/aromatic N) is 5. The van der Waals surface area contributed by atoms with Crippen LogP contribution in [0, 0.1) is 5.82 Å². The Hall–Kier alpha value is -3.04. The van der Waals surface area contributed by atoms with E-state index in [2.05, 4.69) is 27.0 Å². The molecule has 29 heavy (non-hydrogen) atoms. The summed E-state index contributed by atoms with van der Waals surface area (Å²) in [6.45, 7) is 5.22. The standard InChI is InChI=1S/C19H16ClFN6O2/c1-2-6-22-8-13-24-18(25-29-13)16-17-12-5-7-26(12)19(28)14-11(27(17)9-23-16)4-3-10(21)15(14)20/h2-4,9,12,22H,1,5-8H2/t12-/m0/s1. The fraction of sp³-hybridized carbons (Fsp3) is 0.263. The van der Waals surface area contributed by atoms with Crippen LogP contribution in [0.15, 0.2) is 35.6 Å². The van der Waals surface area contributed by atoms with E-state index in [1.165, 1.54) is 12.1 Å². The van der Waals surface area contributed by atoms with Gasteiger partial charge in [0, 0.05) is 13.1 Å². The van der Waals surface area contributed by atoms with E-state index in [9.17, 15) is 9.18 Å². The predicted molar refractivity (Wildman–Crippen MR) is 102 cm³/mol. The normalized spacial score (nSPS) is 17.2. The first kappa shape index (κ1) is 18.0. The summed E-state index contributed by atoms with van der Waals surface area (Å²) >= 11 is 6.16. The quantitative estimate of drug-likeness (QED) is 0.510. The third-order valence-corrected chi connectivity index (χ3v) is 5.56. The molecule has 3 aromatic rings. The van der Waals surface area contributed by atoms with Crippen molar-refractivity contribution in [3.05, 3.63) is 59.1 Å². The summed E-state index contributed by atoms with van der Waals surface area (Å²) < 4.78 is 21.1. The molecule has 1 amide bonds. The molecular formula is C19H16ClFN6O2. The fourth-order valence-corrected chi connectivity index (χ4v) is 3.99. The Morgan fingerprint density at radius 1 is 1.45 bits per heavy atom. The number of nitrogens with one attached hydrogen (secondary N) is 1. The third-order valence-electron chi connectivity index (χ3n) is 5.19. The van der Waals surface area contributed by atoms with E-state index in [4.69, 9.17) is 16.1 Å². The minimum Gasteiger partial charge on any atom is -0.337 e. The summed E-state index contributed by atoms with van der Waals surface area (Å²) in [4.78, 5) is 23.6. The third kappa shape index (κ3) is 2.69. The van der Waals surface area contributed by atoms with Crippen molar-refractivity contribution in [1.82, 2.24) is 29.9 Å². The van der Waals surface area contributed by atoms with Crippen molar-refractivity contribution in [2.24, 2.45) is 0 Å². The molecule has 1 aromatic carbocycles. The second-order valence-corrected chi connectivity index (χ2v) is 7.22. The minimum atomic E-state index is -0.630. The maximum atomic E-state index is 14.1. The zero-order valence-electron chi connectivity index (χ0n) is 15.2. The first-order chi connectivity index (χ1) is 14.1. The Bertz CT molecular complexity index is 1140. The smallest absolute Gasteiger partial charge is 0.258 e. The van der Waals surface area contributed by atoms with Gasteiger partial charge < -0.3 is 14.7 Å². The second kappa shape index (κ2) is 6.78. The van der Waals surface area contributed by atoms with Crippen LogP contribution in [0.4, 0.5) is 4.39 Å². The van der Waals surface area contributed by atoms with Gasteiger partial charge in [0.1, 0.15) is 17.8 Å². The number of carbonyl (C=O) groups excluding carboxylic acids is 1. The molecule has 148 valence electrons. The highest BCUT2D eigenvalue weighted by molar-refractivity contribution is 6.34. The number of aromatic nitrogens is 4. The number of halogens is 2. The van der Waals surface area contributed by atoms with Gasteiger partial charge in [-0.3, -0.25) is 9.36 Å². The van der Waals surface area contributed by atoms with Gasteiger partial charge in [-0.2, -0.15) is 4.98 Å². The number of carbonyl (C=O) groups is 1. The molecule has 1 saturated heterocycles. The average Bonchev–Trinajstić information content (AvgIpc) is 3.29. The number of fused-ring (bicyclic) bond motifs is 5. The Morgan fingerprint density at radius 3 is 3.07 bits per heavy atom. The van der Waals surface area contributed by atoms with Crippen LogP contribution in [-0.2, 0) is 6.54 Å². The Balaban J connectivity index is 1.62. The maximum Gasteiger partial charge on any atom is 0.258 e. The summed E-state index contributed by atoms with van der Waals surface area (Å²) in [6.07, 6.45) is 4.07. The second-order valence-electron chi connectivity index (χ2n) is 6.84. The van der Waals surface area contributed by atoms with Gasteiger partial charge in [-0.1, -0.05) is 22.8 Å². The molecule has 5 rings (SSSR count). The molecule has 2 aromatic heterocycles. The molecule has 0 radical (unpaired) electrons. The summed E-state index contributed by atoms with van der Waals surface area (Å²) in [5, 5.41) is 6.96. The van der Waals surface area contributed by atoms with Crippen LogP contribution in [0.2, 0.25) is 5.02 Å². The highest BCUT2D eigenvalue weighted by Crippen LogP contribution is 2.44. The lowest BCUT2D eigenvalue weighted by atomic mass is 9.97. The van der Waals surface area contributed by atoms with Crippen LogP contribution in [0.1, 0.15) is 34.4 Å². The van der Waals surface area contributed by atoms with Crippen molar-refractivity contribution < 1.29 is 13.7 Å². The molecule has 2 aliphatic rings. The van der Waals surface area contributed by atoms with Gasteiger partial charge in [0.2, 0.25) is 11.7 Å². The molecule has 8 nitrogen and oxygen atoms in total. The number of rotatable bonds is 5. The van der Waals surface area contributed by atoms with Crippen molar-refractivity contribution in [2.45, 2.75) is 19.0 Å². The molecule has 2 aliphatic heterocycles. The van der Waals surface area contributed by atoms with E-state index in [0.717, 1.165) is 12.1 Å². The van der Waals surface area contributed by atoms with E-state index in [0.29, 0.717) is 42.7 Å². The molecule has 1 N–H and O–H groups in total. The Kier molecular flexibility index (Phi) is 4.21. The van der Waals surface area contributed by atoms with Crippen LogP contribution in [0.3, 0.4) is 0 Å². The summed E-state index contributed by atoms with van der Waals surface area (Å²) in [6, 6.07) is 2.57. The highest BCUT2D eigenvalue weighted by atomic mass is 35.5. The van der Waals surface area contributed by atoms with Crippen molar-refractivity contribution in [3.8, 4) is 17.2 Å². The lowest BCUT2D eigenvalue weighted by Gasteiger charge is -2.39. The van der Waals surface area contributed by atoms with Crippen LogP contribution >= 0.6 is 11.6 Å². The van der Waals surface area contributed by atoms with E-state index in [1.807, 2.05) is 0 Å². The first-order valence-electron chi connectivity index (χ1n) is 9.11. The average molecular weight is 415 g/mol. The van der Waals surface area contributed by atoms with E-state index in [-0.39, 0.29) is 22.5 Å². The summed E-state index contributed by atoms with van der Waals surface area (Å²) in [5.41, 5.74) is 1.92. The van der Waals surface area contributed by atoms with Crippen molar-refractivity contribution in [1.29, 1.82) is 0 Å². The van der Waals surface area contributed by atoms with E-state index < -0.39 is 5.82 Å². The number of benzene rings is 1. The molecule has 1 fully saturated rings. The van der Waals surface area contributed by atoms with Gasteiger partial charge in [-0.25, -0.2) is 9.37 Å². The zero-order valence-corrected chi connectivity index (χ0v) is 16.0. The van der Waals surface area contributed by atoms with Gasteiger partial charge in [-0.05, 0) is 18.6 Å². The highest BCUT2D eigenvalue weighted by Gasteiger charge is 2.43. The molecule has 0 bridgehead atoms. The summed E-state index contributed by atoms with van der Waals surface area (Å²) in [7, 11) is 0. The summed E-state index contributed by atoms with van der Waals surface area (Å²) in [5.74, 6) is -0.165. The van der Waals surface area contributed by atoms with Gasteiger partial charge in [0.15, 0.2) is 0 Å². The van der Waals surface area contributed by atoms with Crippen molar-refractivity contribution in [3.63, 3.8) is 0 Å². The zero-order chi connectivity index (χ0) is 20.1. The lowest BCUT2D eigenvalue weighted by molar-refractivity contribution is 0.0461. The number of hydrogen-bond donors (Lipinski definition) is 1. The fourth-order valence-electron chi connectivity index (χ4n) is 3.75. The Morgan fingerprint density at radius 2 is 2.31 bits per heavy atom.